The summed E-state index contributed by atoms with van der Waals surface area (Å²) in [5.74, 6) is 1.18. The molecule has 0 aliphatic carbocycles. The molecule has 148 valence electrons. The molecule has 1 unspecified atom stereocenters. The highest BCUT2D eigenvalue weighted by molar-refractivity contribution is 7.99. The maximum atomic E-state index is 10.3. The molecule has 0 aliphatic heterocycles. The number of rotatable bonds is 9. The molecule has 0 fully saturated rings. The first-order valence-electron chi connectivity index (χ1n) is 9.15. The number of aliphatic hydroxyl groups is 1. The molecule has 2 aromatic heterocycles. The maximum Gasteiger partial charge on any atom is 0.209 e. The minimum Gasteiger partial charge on any atom is -0.491 e. The number of tetrazole rings is 1. The first kappa shape index (κ1) is 19.6. The lowest BCUT2D eigenvalue weighted by Crippen LogP contribution is -2.20. The van der Waals surface area contributed by atoms with Crippen LogP contribution < -0.4 is 4.74 Å². The second-order valence-corrected chi connectivity index (χ2v) is 8.38. The largest absolute Gasteiger partial charge is 0.491 e. The summed E-state index contributed by atoms with van der Waals surface area (Å²) in [7, 11) is 0. The van der Waals surface area contributed by atoms with E-state index in [0.717, 1.165) is 16.9 Å². The van der Waals surface area contributed by atoms with Gasteiger partial charge in [0.1, 0.15) is 12.4 Å². The van der Waals surface area contributed by atoms with Crippen molar-refractivity contribution in [2.75, 3.05) is 12.4 Å². The van der Waals surface area contributed by atoms with E-state index in [9.17, 15) is 5.11 Å². The summed E-state index contributed by atoms with van der Waals surface area (Å²) in [6.07, 6.45) is -0.624. The molecule has 1 N–H and O–H groups in total. The Bertz CT molecular complexity index is 1000. The summed E-state index contributed by atoms with van der Waals surface area (Å²) in [5, 5.41) is 24.8. The van der Waals surface area contributed by atoms with Crippen molar-refractivity contribution in [3.63, 3.8) is 0 Å². The molecular formula is C21H20N4O2S2. The highest BCUT2D eigenvalue weighted by Gasteiger charge is 2.12. The quantitative estimate of drug-likeness (QED) is 0.410. The lowest BCUT2D eigenvalue weighted by molar-refractivity contribution is 0.126. The molecule has 4 rings (SSSR count). The smallest absolute Gasteiger partial charge is 0.209 e. The summed E-state index contributed by atoms with van der Waals surface area (Å²) >= 11 is 3.08. The number of ether oxygens (including phenoxy) is 1. The number of thiophene rings is 1. The van der Waals surface area contributed by atoms with Gasteiger partial charge in [-0.3, -0.25) is 0 Å². The van der Waals surface area contributed by atoms with Crippen LogP contribution in [0.4, 0.5) is 0 Å². The molecular weight excluding hydrogens is 404 g/mol. The van der Waals surface area contributed by atoms with Gasteiger partial charge >= 0.3 is 0 Å². The highest BCUT2D eigenvalue weighted by atomic mass is 32.2. The fraction of sp³-hybridized carbons (Fsp3) is 0.190. The Morgan fingerprint density at radius 2 is 1.79 bits per heavy atom. The van der Waals surface area contributed by atoms with E-state index in [0.29, 0.717) is 17.5 Å². The van der Waals surface area contributed by atoms with Crippen LogP contribution in [0.25, 0.3) is 11.1 Å². The molecule has 2 heterocycles. The summed E-state index contributed by atoms with van der Waals surface area (Å²) < 4.78 is 7.47. The average molecular weight is 425 g/mol. The SMILES string of the molecule is OC(COc1ccc(-c2ccccc2)cc1)CSc1nnnn1Cc1cccs1. The van der Waals surface area contributed by atoms with Crippen LogP contribution in [0.3, 0.4) is 0 Å². The van der Waals surface area contributed by atoms with Gasteiger partial charge in [0.25, 0.3) is 0 Å². The van der Waals surface area contributed by atoms with Gasteiger partial charge in [0, 0.05) is 10.6 Å². The molecule has 1 atom stereocenters. The topological polar surface area (TPSA) is 73.1 Å². The molecule has 0 bridgehead atoms. The van der Waals surface area contributed by atoms with Crippen molar-refractivity contribution < 1.29 is 9.84 Å². The monoisotopic (exact) mass is 424 g/mol. The zero-order chi connectivity index (χ0) is 19.9. The van der Waals surface area contributed by atoms with Gasteiger partial charge in [-0.1, -0.05) is 60.3 Å². The van der Waals surface area contributed by atoms with Crippen molar-refractivity contribution in [3.8, 4) is 16.9 Å². The third kappa shape index (κ3) is 5.44. The maximum absolute atomic E-state index is 10.3. The van der Waals surface area contributed by atoms with Gasteiger partial charge in [0.15, 0.2) is 0 Å². The van der Waals surface area contributed by atoms with E-state index in [2.05, 4.69) is 27.7 Å². The van der Waals surface area contributed by atoms with Gasteiger partial charge in [-0.15, -0.1) is 16.4 Å². The number of hydrogen-bond acceptors (Lipinski definition) is 7. The molecule has 29 heavy (non-hydrogen) atoms. The van der Waals surface area contributed by atoms with Crippen LogP contribution in [0.15, 0.2) is 77.3 Å². The summed E-state index contributed by atoms with van der Waals surface area (Å²) in [4.78, 5) is 1.18. The summed E-state index contributed by atoms with van der Waals surface area (Å²) in [6.45, 7) is 0.845. The standard InChI is InChI=1S/C21H20N4O2S2/c26-18(15-29-21-22-23-24-25(21)13-20-7-4-12-28-20)14-27-19-10-8-17(9-11-19)16-5-2-1-3-6-16/h1-12,18,26H,13-15H2. The number of aliphatic hydroxyl groups excluding tert-OH is 1. The second-order valence-electron chi connectivity index (χ2n) is 6.36. The Labute approximate surface area is 177 Å². The molecule has 6 nitrogen and oxygen atoms in total. The van der Waals surface area contributed by atoms with E-state index >= 15 is 0 Å². The van der Waals surface area contributed by atoms with Gasteiger partial charge in [-0.25, -0.2) is 4.68 Å². The Morgan fingerprint density at radius 1 is 1.00 bits per heavy atom. The van der Waals surface area contributed by atoms with E-state index < -0.39 is 6.10 Å². The van der Waals surface area contributed by atoms with Crippen molar-refractivity contribution in [1.29, 1.82) is 0 Å². The van der Waals surface area contributed by atoms with Crippen LogP contribution >= 0.6 is 23.1 Å². The van der Waals surface area contributed by atoms with E-state index in [1.54, 1.807) is 16.0 Å². The Morgan fingerprint density at radius 3 is 2.55 bits per heavy atom. The van der Waals surface area contributed by atoms with Gasteiger partial charge in [0.2, 0.25) is 5.16 Å². The molecule has 0 saturated heterocycles. The summed E-state index contributed by atoms with van der Waals surface area (Å²) in [5.41, 5.74) is 2.29. The zero-order valence-electron chi connectivity index (χ0n) is 15.6. The number of hydrogen-bond donors (Lipinski definition) is 1. The molecule has 0 saturated carbocycles. The molecule has 4 aromatic rings. The van der Waals surface area contributed by atoms with Crippen LogP contribution in [0.2, 0.25) is 0 Å². The molecule has 0 amide bonds. The molecule has 0 aliphatic rings. The Hall–Kier alpha value is -2.68. The van der Waals surface area contributed by atoms with Gasteiger partial charge in [-0.05, 0) is 45.1 Å². The molecule has 8 heteroatoms. The van der Waals surface area contributed by atoms with Crippen molar-refractivity contribution in [2.24, 2.45) is 0 Å². The minimum atomic E-state index is -0.624. The van der Waals surface area contributed by atoms with Gasteiger partial charge in [0.05, 0.1) is 12.6 Å². The number of nitrogens with zero attached hydrogens (tertiary/aromatic N) is 4. The number of thioether (sulfide) groups is 1. The van der Waals surface area contributed by atoms with Gasteiger partial charge in [-0.2, -0.15) is 0 Å². The Kier molecular flexibility index (Phi) is 6.56. The first-order valence-corrected chi connectivity index (χ1v) is 11.0. The Balaban J connectivity index is 1.25. The second kappa shape index (κ2) is 9.69. The van der Waals surface area contributed by atoms with E-state index in [4.69, 9.17) is 4.74 Å². The van der Waals surface area contributed by atoms with Gasteiger partial charge < -0.3 is 9.84 Å². The van der Waals surface area contributed by atoms with E-state index in [1.165, 1.54) is 16.6 Å². The fourth-order valence-corrected chi connectivity index (χ4v) is 4.20. The van der Waals surface area contributed by atoms with E-state index in [1.807, 2.05) is 60.0 Å². The van der Waals surface area contributed by atoms with Crippen LogP contribution in [0.5, 0.6) is 5.75 Å². The fourth-order valence-electron chi connectivity index (χ4n) is 2.73. The summed E-state index contributed by atoms with van der Waals surface area (Å²) in [6, 6.07) is 22.1. The van der Waals surface area contributed by atoms with Crippen molar-refractivity contribution >= 4 is 23.1 Å². The minimum absolute atomic E-state index is 0.212. The average Bonchev–Trinajstić information content (AvgIpc) is 3.44. The third-order valence-electron chi connectivity index (χ3n) is 4.19. The van der Waals surface area contributed by atoms with Crippen LogP contribution in [0, 0.1) is 0 Å². The van der Waals surface area contributed by atoms with Crippen molar-refractivity contribution in [3.05, 3.63) is 77.0 Å². The van der Waals surface area contributed by atoms with Crippen LogP contribution in [-0.4, -0.2) is 43.8 Å². The first-order chi connectivity index (χ1) is 14.3. The van der Waals surface area contributed by atoms with E-state index in [-0.39, 0.29) is 6.61 Å². The van der Waals surface area contributed by atoms with Crippen LogP contribution in [-0.2, 0) is 6.54 Å². The van der Waals surface area contributed by atoms with Crippen molar-refractivity contribution in [1.82, 2.24) is 20.2 Å². The zero-order valence-corrected chi connectivity index (χ0v) is 17.2. The van der Waals surface area contributed by atoms with Crippen LogP contribution in [0.1, 0.15) is 4.88 Å². The predicted octanol–water partition coefficient (Wildman–Crippen LogP) is 3.98. The number of aromatic nitrogens is 4. The number of benzene rings is 2. The molecule has 2 aromatic carbocycles. The lowest BCUT2D eigenvalue weighted by Gasteiger charge is -2.12. The normalized spacial score (nSPS) is 12.0. The molecule has 0 spiro atoms. The predicted molar refractivity (Wildman–Crippen MR) is 115 cm³/mol. The molecule has 0 radical (unpaired) electrons. The third-order valence-corrected chi connectivity index (χ3v) is 6.16. The van der Waals surface area contributed by atoms with Crippen molar-refractivity contribution in [2.45, 2.75) is 17.8 Å². The highest BCUT2D eigenvalue weighted by Crippen LogP contribution is 2.23. The lowest BCUT2D eigenvalue weighted by atomic mass is 10.1.